The van der Waals surface area contributed by atoms with Crippen LogP contribution >= 0.6 is 11.6 Å². The first-order valence-corrected chi connectivity index (χ1v) is 10.9. The number of anilines is 1. The summed E-state index contributed by atoms with van der Waals surface area (Å²) in [5, 5.41) is 12.9. The van der Waals surface area contributed by atoms with E-state index in [4.69, 9.17) is 11.6 Å². The van der Waals surface area contributed by atoms with Crippen molar-refractivity contribution < 1.29 is 4.79 Å². The number of amides is 1. The second kappa shape index (κ2) is 9.01. The third kappa shape index (κ3) is 4.75. The van der Waals surface area contributed by atoms with Gasteiger partial charge in [0.15, 0.2) is 0 Å². The van der Waals surface area contributed by atoms with E-state index < -0.39 is 0 Å². The van der Waals surface area contributed by atoms with E-state index in [9.17, 15) is 4.79 Å². The molecule has 32 heavy (non-hydrogen) atoms. The number of aromatic nitrogens is 4. The molecule has 7 heteroatoms. The van der Waals surface area contributed by atoms with Gasteiger partial charge in [0.1, 0.15) is 0 Å². The van der Waals surface area contributed by atoms with E-state index in [1.807, 2.05) is 91.7 Å². The van der Waals surface area contributed by atoms with Gasteiger partial charge in [-0.25, -0.2) is 0 Å². The smallest absolute Gasteiger partial charge is 0.255 e. The van der Waals surface area contributed by atoms with Crippen molar-refractivity contribution in [2.75, 3.05) is 5.32 Å². The quantitative estimate of drug-likeness (QED) is 0.435. The van der Waals surface area contributed by atoms with Crippen LogP contribution in [0.1, 0.15) is 44.3 Å². The highest BCUT2D eigenvalue weighted by Crippen LogP contribution is 2.22. The van der Waals surface area contributed by atoms with Crippen LogP contribution in [0.15, 0.2) is 54.6 Å². The Balaban J connectivity index is 1.51. The van der Waals surface area contributed by atoms with Crippen molar-refractivity contribution in [2.45, 2.75) is 40.8 Å². The number of hydrogen-bond acceptors (Lipinski definition) is 3. The molecule has 2 aromatic carbocycles. The lowest BCUT2D eigenvalue weighted by atomic mass is 10.1. The number of hydrogen-bond donors (Lipinski definition) is 1. The minimum Gasteiger partial charge on any atom is -0.319 e. The van der Waals surface area contributed by atoms with Gasteiger partial charge >= 0.3 is 0 Å². The van der Waals surface area contributed by atoms with E-state index in [1.54, 1.807) is 0 Å². The third-order valence-corrected chi connectivity index (χ3v) is 5.70. The second-order valence-electron chi connectivity index (χ2n) is 8.07. The highest BCUT2D eigenvalue weighted by molar-refractivity contribution is 6.30. The number of aryl methyl sites for hydroxylation is 3. The number of benzene rings is 2. The summed E-state index contributed by atoms with van der Waals surface area (Å²) in [4.78, 5) is 13.0. The molecule has 0 atom stereocenters. The number of rotatable bonds is 6. The van der Waals surface area contributed by atoms with Gasteiger partial charge in [0.05, 0.1) is 35.9 Å². The maximum absolute atomic E-state index is 13.0. The topological polar surface area (TPSA) is 64.7 Å². The standard InChI is InChI=1S/C25H26ClN5O/c1-16-11-17(2)30(28-16)14-20-7-5-9-22(12-20)25(32)27-24-18(3)29-31(19(24)4)15-21-8-6-10-23(26)13-21/h5-13H,14-15H2,1-4H3,(H,27,32). The average molecular weight is 448 g/mol. The van der Waals surface area contributed by atoms with Crippen molar-refractivity contribution in [3.63, 3.8) is 0 Å². The Morgan fingerprint density at radius 2 is 1.59 bits per heavy atom. The zero-order valence-electron chi connectivity index (χ0n) is 18.7. The van der Waals surface area contributed by atoms with E-state index in [0.717, 1.165) is 39.6 Å². The molecule has 2 heterocycles. The third-order valence-electron chi connectivity index (χ3n) is 5.47. The van der Waals surface area contributed by atoms with Crippen molar-refractivity contribution in [3.05, 3.63) is 99.1 Å². The first kappa shape index (κ1) is 21.8. The van der Waals surface area contributed by atoms with Crippen LogP contribution in [0.2, 0.25) is 5.02 Å². The first-order chi connectivity index (χ1) is 15.3. The summed E-state index contributed by atoms with van der Waals surface area (Å²) in [7, 11) is 0. The molecule has 1 N–H and O–H groups in total. The van der Waals surface area contributed by atoms with E-state index in [0.29, 0.717) is 23.7 Å². The Bertz CT molecular complexity index is 1290. The SMILES string of the molecule is Cc1cc(C)n(Cc2cccc(C(=O)Nc3c(C)nn(Cc4cccc(Cl)c4)c3C)c2)n1. The number of carbonyl (C=O) groups is 1. The zero-order chi connectivity index (χ0) is 22.8. The van der Waals surface area contributed by atoms with Crippen molar-refractivity contribution in [3.8, 4) is 0 Å². The first-order valence-electron chi connectivity index (χ1n) is 10.5. The minimum absolute atomic E-state index is 0.159. The predicted molar refractivity (Wildman–Crippen MR) is 127 cm³/mol. The number of nitrogens with one attached hydrogen (secondary N) is 1. The number of nitrogens with zero attached hydrogens (tertiary/aromatic N) is 4. The van der Waals surface area contributed by atoms with Crippen LogP contribution in [0.25, 0.3) is 0 Å². The Morgan fingerprint density at radius 1 is 0.906 bits per heavy atom. The van der Waals surface area contributed by atoms with Gasteiger partial charge in [-0.2, -0.15) is 10.2 Å². The highest BCUT2D eigenvalue weighted by Gasteiger charge is 2.16. The maximum Gasteiger partial charge on any atom is 0.255 e. The summed E-state index contributed by atoms with van der Waals surface area (Å²) < 4.78 is 3.83. The molecule has 1 amide bonds. The van der Waals surface area contributed by atoms with Crippen LogP contribution in [0.3, 0.4) is 0 Å². The Labute approximate surface area is 192 Å². The molecule has 0 spiro atoms. The molecule has 0 saturated carbocycles. The fraction of sp³-hybridized carbons (Fsp3) is 0.240. The summed E-state index contributed by atoms with van der Waals surface area (Å²) in [5.41, 5.74) is 7.16. The lowest BCUT2D eigenvalue weighted by Gasteiger charge is -2.09. The molecule has 0 aliphatic rings. The van der Waals surface area contributed by atoms with Crippen molar-refractivity contribution >= 4 is 23.2 Å². The molecule has 0 unspecified atom stereocenters. The molecular formula is C25H26ClN5O. The van der Waals surface area contributed by atoms with Crippen molar-refractivity contribution in [2.24, 2.45) is 0 Å². The number of halogens is 1. The normalized spacial score (nSPS) is 11.0. The molecule has 4 aromatic rings. The Morgan fingerprint density at radius 3 is 2.28 bits per heavy atom. The van der Waals surface area contributed by atoms with E-state index in [-0.39, 0.29) is 5.91 Å². The van der Waals surface area contributed by atoms with Gasteiger partial charge in [0.2, 0.25) is 0 Å². The van der Waals surface area contributed by atoms with Crippen molar-refractivity contribution in [1.82, 2.24) is 19.6 Å². The van der Waals surface area contributed by atoms with Gasteiger partial charge in [0, 0.05) is 16.3 Å². The molecule has 0 bridgehead atoms. The molecule has 6 nitrogen and oxygen atoms in total. The Kier molecular flexibility index (Phi) is 6.15. The zero-order valence-corrected chi connectivity index (χ0v) is 19.4. The lowest BCUT2D eigenvalue weighted by Crippen LogP contribution is -2.14. The minimum atomic E-state index is -0.159. The lowest BCUT2D eigenvalue weighted by molar-refractivity contribution is 0.102. The van der Waals surface area contributed by atoms with Gasteiger partial charge in [-0.05, 0) is 69.2 Å². The summed E-state index contributed by atoms with van der Waals surface area (Å²) in [6, 6.07) is 17.4. The van der Waals surface area contributed by atoms with Gasteiger partial charge in [-0.3, -0.25) is 14.2 Å². The van der Waals surface area contributed by atoms with Gasteiger partial charge in [-0.1, -0.05) is 35.9 Å². The molecule has 4 rings (SSSR count). The predicted octanol–water partition coefficient (Wildman–Crippen LogP) is 5.32. The van der Waals surface area contributed by atoms with Crippen LogP contribution in [0.5, 0.6) is 0 Å². The monoisotopic (exact) mass is 447 g/mol. The molecule has 164 valence electrons. The molecule has 2 aromatic heterocycles. The van der Waals surface area contributed by atoms with Crippen LogP contribution in [0.4, 0.5) is 5.69 Å². The molecule has 0 saturated heterocycles. The Hall–Kier alpha value is -3.38. The summed E-state index contributed by atoms with van der Waals surface area (Å²) >= 11 is 6.11. The second-order valence-corrected chi connectivity index (χ2v) is 8.51. The molecule has 0 aliphatic heterocycles. The summed E-state index contributed by atoms with van der Waals surface area (Å²) in [6.07, 6.45) is 0. The average Bonchev–Trinajstić information content (AvgIpc) is 3.20. The maximum atomic E-state index is 13.0. The van der Waals surface area contributed by atoms with Crippen molar-refractivity contribution in [1.29, 1.82) is 0 Å². The van der Waals surface area contributed by atoms with Crippen LogP contribution < -0.4 is 5.32 Å². The summed E-state index contributed by atoms with van der Waals surface area (Å²) in [6.45, 7) is 9.07. The summed E-state index contributed by atoms with van der Waals surface area (Å²) in [5.74, 6) is -0.159. The van der Waals surface area contributed by atoms with E-state index in [2.05, 4.69) is 15.5 Å². The molecule has 0 fully saturated rings. The van der Waals surface area contributed by atoms with Crippen LogP contribution in [-0.2, 0) is 13.1 Å². The molecular weight excluding hydrogens is 422 g/mol. The largest absolute Gasteiger partial charge is 0.319 e. The van der Waals surface area contributed by atoms with Crippen LogP contribution in [0, 0.1) is 27.7 Å². The van der Waals surface area contributed by atoms with E-state index >= 15 is 0 Å². The molecule has 0 radical (unpaired) electrons. The van der Waals surface area contributed by atoms with Gasteiger partial charge in [-0.15, -0.1) is 0 Å². The fourth-order valence-electron chi connectivity index (χ4n) is 3.84. The van der Waals surface area contributed by atoms with Gasteiger partial charge in [0.25, 0.3) is 5.91 Å². The van der Waals surface area contributed by atoms with Gasteiger partial charge < -0.3 is 5.32 Å². The van der Waals surface area contributed by atoms with E-state index in [1.165, 1.54) is 0 Å². The fourth-order valence-corrected chi connectivity index (χ4v) is 4.06. The highest BCUT2D eigenvalue weighted by atomic mass is 35.5. The molecule has 0 aliphatic carbocycles. The number of carbonyl (C=O) groups excluding carboxylic acids is 1. The van der Waals surface area contributed by atoms with Crippen LogP contribution in [-0.4, -0.2) is 25.5 Å².